The Morgan fingerprint density at radius 2 is 2.31 bits per heavy atom. The number of halogens is 1. The van der Waals surface area contributed by atoms with Crippen LogP contribution >= 0.6 is 15.9 Å². The highest BCUT2D eigenvalue weighted by atomic mass is 79.9. The van der Waals surface area contributed by atoms with Gasteiger partial charge in [-0.1, -0.05) is 15.9 Å². The Morgan fingerprint density at radius 1 is 1.56 bits per heavy atom. The number of benzene rings is 1. The molecule has 0 atom stereocenters. The summed E-state index contributed by atoms with van der Waals surface area (Å²) < 4.78 is 5.72. The number of hydrogen-bond donors (Lipinski definition) is 3. The molecule has 4 N–H and O–H groups in total. The summed E-state index contributed by atoms with van der Waals surface area (Å²) in [5, 5.41) is 12.0. The Morgan fingerprint density at radius 3 is 3.00 bits per heavy atom. The van der Waals surface area contributed by atoms with E-state index in [1.807, 2.05) is 0 Å². The van der Waals surface area contributed by atoms with Crippen molar-refractivity contribution in [3.05, 3.63) is 22.7 Å². The number of carbonyl (C=O) groups is 1. The predicted molar refractivity (Wildman–Crippen MR) is 64.3 cm³/mol. The lowest BCUT2D eigenvalue weighted by atomic mass is 10.3. The van der Waals surface area contributed by atoms with Crippen molar-refractivity contribution in [1.82, 2.24) is 0 Å². The summed E-state index contributed by atoms with van der Waals surface area (Å²) in [4.78, 5) is 11.3. The normalized spacial score (nSPS) is 10.1. The molecule has 0 fully saturated rings. The second-order valence-electron chi connectivity index (χ2n) is 3.05. The van der Waals surface area contributed by atoms with Crippen LogP contribution in [0.25, 0.3) is 0 Å². The van der Waals surface area contributed by atoms with Gasteiger partial charge in [0.25, 0.3) is 0 Å². The second kappa shape index (κ2) is 6.47. The maximum absolute atomic E-state index is 11.3. The molecule has 0 aliphatic heterocycles. The third kappa shape index (κ3) is 4.18. The van der Waals surface area contributed by atoms with Gasteiger partial charge in [0.05, 0.1) is 12.3 Å². The summed E-state index contributed by atoms with van der Waals surface area (Å²) in [5.41, 5.74) is 5.55. The molecule has 0 radical (unpaired) electrons. The van der Waals surface area contributed by atoms with E-state index in [-0.39, 0.29) is 18.3 Å². The molecular formula is C10H13BrN2O3. The molecule has 0 aromatic heterocycles. The van der Waals surface area contributed by atoms with Gasteiger partial charge in [0.15, 0.2) is 0 Å². The molecule has 0 bridgehead atoms. The second-order valence-corrected chi connectivity index (χ2v) is 3.97. The van der Waals surface area contributed by atoms with Gasteiger partial charge in [0.1, 0.15) is 12.4 Å². The number of carbonyl (C=O) groups excluding carboxylic acids is 1. The van der Waals surface area contributed by atoms with Crippen LogP contribution in [0.5, 0.6) is 5.75 Å². The Labute approximate surface area is 102 Å². The van der Waals surface area contributed by atoms with Crippen molar-refractivity contribution in [1.29, 1.82) is 0 Å². The summed E-state index contributed by atoms with van der Waals surface area (Å²) in [6, 6.07) is 4.77. The van der Waals surface area contributed by atoms with E-state index in [4.69, 9.17) is 10.5 Å². The minimum atomic E-state index is -0.332. The zero-order valence-electron chi connectivity index (χ0n) is 8.57. The average molecular weight is 289 g/mol. The zero-order chi connectivity index (χ0) is 12.0. The van der Waals surface area contributed by atoms with Gasteiger partial charge in [-0.2, -0.15) is 0 Å². The highest BCUT2D eigenvalue weighted by Gasteiger charge is 2.06. The number of amides is 1. The minimum absolute atomic E-state index is 0.00961. The molecule has 5 nitrogen and oxygen atoms in total. The Hall–Kier alpha value is -1.11. The third-order valence-corrected chi connectivity index (χ3v) is 2.22. The monoisotopic (exact) mass is 288 g/mol. The first-order valence-corrected chi connectivity index (χ1v) is 5.49. The first kappa shape index (κ1) is 13.0. The fourth-order valence-electron chi connectivity index (χ4n) is 1.04. The van der Waals surface area contributed by atoms with Crippen LogP contribution in [0.3, 0.4) is 0 Å². The highest BCUT2D eigenvalue weighted by molar-refractivity contribution is 9.10. The van der Waals surface area contributed by atoms with Gasteiger partial charge in [-0.15, -0.1) is 0 Å². The molecule has 1 amide bonds. The van der Waals surface area contributed by atoms with E-state index >= 15 is 0 Å². The minimum Gasteiger partial charge on any atom is -0.506 e. The third-order valence-electron chi connectivity index (χ3n) is 1.73. The number of nitrogens with one attached hydrogen (secondary N) is 1. The predicted octanol–water partition coefficient (Wildman–Crippen LogP) is 1.07. The van der Waals surface area contributed by atoms with Crippen molar-refractivity contribution in [2.75, 3.05) is 25.1 Å². The van der Waals surface area contributed by atoms with E-state index in [9.17, 15) is 9.90 Å². The van der Waals surface area contributed by atoms with Crippen molar-refractivity contribution in [2.24, 2.45) is 5.73 Å². The van der Waals surface area contributed by atoms with Crippen LogP contribution in [-0.4, -0.2) is 30.8 Å². The molecule has 0 spiro atoms. The zero-order valence-corrected chi connectivity index (χ0v) is 10.2. The molecule has 6 heteroatoms. The number of rotatable bonds is 5. The van der Waals surface area contributed by atoms with Crippen molar-refractivity contribution in [3.8, 4) is 5.75 Å². The SMILES string of the molecule is NCCOCC(=O)Nc1cc(Br)ccc1O. The van der Waals surface area contributed by atoms with Crippen LogP contribution in [0.15, 0.2) is 22.7 Å². The van der Waals surface area contributed by atoms with E-state index in [0.29, 0.717) is 18.8 Å². The molecule has 0 aliphatic carbocycles. The van der Waals surface area contributed by atoms with Crippen LogP contribution < -0.4 is 11.1 Å². The van der Waals surface area contributed by atoms with Crippen LogP contribution in [0, 0.1) is 0 Å². The molecule has 0 saturated heterocycles. The van der Waals surface area contributed by atoms with Gasteiger partial charge in [0.2, 0.25) is 5.91 Å². The Kier molecular flexibility index (Phi) is 5.24. The number of anilines is 1. The highest BCUT2D eigenvalue weighted by Crippen LogP contribution is 2.26. The topological polar surface area (TPSA) is 84.6 Å². The first-order chi connectivity index (χ1) is 7.63. The number of nitrogens with two attached hydrogens (primary N) is 1. The Balaban J connectivity index is 2.52. The van der Waals surface area contributed by atoms with Gasteiger partial charge in [-0.05, 0) is 18.2 Å². The largest absolute Gasteiger partial charge is 0.506 e. The van der Waals surface area contributed by atoms with Gasteiger partial charge in [-0.3, -0.25) is 4.79 Å². The van der Waals surface area contributed by atoms with Crippen molar-refractivity contribution < 1.29 is 14.6 Å². The molecule has 1 aromatic carbocycles. The standard InChI is InChI=1S/C10H13BrN2O3/c11-7-1-2-9(14)8(5-7)13-10(15)6-16-4-3-12/h1-2,5,14H,3-4,6,12H2,(H,13,15). The van der Waals surface area contributed by atoms with E-state index < -0.39 is 0 Å². The van der Waals surface area contributed by atoms with Crippen molar-refractivity contribution in [3.63, 3.8) is 0 Å². The lowest BCUT2D eigenvalue weighted by molar-refractivity contribution is -0.120. The number of phenols is 1. The fraction of sp³-hybridized carbons (Fsp3) is 0.300. The molecular weight excluding hydrogens is 276 g/mol. The molecule has 0 unspecified atom stereocenters. The first-order valence-electron chi connectivity index (χ1n) is 4.69. The number of aromatic hydroxyl groups is 1. The van der Waals surface area contributed by atoms with Gasteiger partial charge < -0.3 is 20.9 Å². The smallest absolute Gasteiger partial charge is 0.250 e. The van der Waals surface area contributed by atoms with E-state index in [0.717, 1.165) is 4.47 Å². The van der Waals surface area contributed by atoms with Crippen LogP contribution in [0.2, 0.25) is 0 Å². The Bertz CT molecular complexity index is 371. The van der Waals surface area contributed by atoms with Gasteiger partial charge in [0, 0.05) is 11.0 Å². The summed E-state index contributed by atoms with van der Waals surface area (Å²) in [6.07, 6.45) is 0. The van der Waals surface area contributed by atoms with Gasteiger partial charge >= 0.3 is 0 Å². The summed E-state index contributed by atoms with van der Waals surface area (Å²) in [6.45, 7) is 0.621. The molecule has 1 rings (SSSR count). The van der Waals surface area contributed by atoms with Crippen LogP contribution in [-0.2, 0) is 9.53 Å². The lowest BCUT2D eigenvalue weighted by Gasteiger charge is -2.07. The number of hydrogen-bond acceptors (Lipinski definition) is 4. The molecule has 0 aliphatic rings. The van der Waals surface area contributed by atoms with Crippen molar-refractivity contribution >= 4 is 27.5 Å². The quantitative estimate of drug-likeness (QED) is 0.559. The molecule has 88 valence electrons. The van der Waals surface area contributed by atoms with E-state index in [1.54, 1.807) is 12.1 Å². The number of phenolic OH excluding ortho intramolecular Hbond substituents is 1. The van der Waals surface area contributed by atoms with E-state index in [2.05, 4.69) is 21.2 Å². The maximum atomic E-state index is 11.3. The lowest BCUT2D eigenvalue weighted by Crippen LogP contribution is -2.20. The van der Waals surface area contributed by atoms with Crippen LogP contribution in [0.4, 0.5) is 5.69 Å². The molecule has 1 aromatic rings. The fourth-order valence-corrected chi connectivity index (χ4v) is 1.40. The summed E-state index contributed by atoms with van der Waals surface area (Å²) in [7, 11) is 0. The summed E-state index contributed by atoms with van der Waals surface area (Å²) in [5.74, 6) is -0.322. The van der Waals surface area contributed by atoms with Crippen LogP contribution in [0.1, 0.15) is 0 Å². The average Bonchev–Trinajstić information content (AvgIpc) is 2.24. The van der Waals surface area contributed by atoms with Crippen molar-refractivity contribution in [2.45, 2.75) is 0 Å². The van der Waals surface area contributed by atoms with Gasteiger partial charge in [-0.25, -0.2) is 0 Å². The summed E-state index contributed by atoms with van der Waals surface area (Å²) >= 11 is 3.24. The van der Waals surface area contributed by atoms with E-state index in [1.165, 1.54) is 6.07 Å². The molecule has 0 saturated carbocycles. The molecule has 16 heavy (non-hydrogen) atoms. The molecule has 0 heterocycles. The number of ether oxygens (including phenoxy) is 1. The maximum Gasteiger partial charge on any atom is 0.250 e.